The van der Waals surface area contributed by atoms with Crippen LogP contribution in [0.4, 0.5) is 0 Å². The van der Waals surface area contributed by atoms with Crippen LogP contribution in [0, 0.1) is 6.92 Å². The molecule has 3 heteroatoms. The SMILES string of the molecule is Cc1cccc(CNC(CO)c2ccccc2)c1O. The number of aliphatic hydroxyl groups is 1. The Morgan fingerprint density at radius 3 is 2.47 bits per heavy atom. The fourth-order valence-corrected chi connectivity index (χ4v) is 2.07. The predicted molar refractivity (Wildman–Crippen MR) is 76.0 cm³/mol. The second kappa shape index (κ2) is 6.36. The number of para-hydroxylation sites is 1. The predicted octanol–water partition coefficient (Wildman–Crippen LogP) is 2.52. The smallest absolute Gasteiger partial charge is 0.122 e. The standard InChI is InChI=1S/C16H19NO2/c1-12-6-5-9-14(16(12)19)10-17-15(11-18)13-7-3-2-4-8-13/h2-9,15,17-19H,10-11H2,1H3. The molecule has 0 heterocycles. The minimum atomic E-state index is -0.124. The zero-order valence-electron chi connectivity index (χ0n) is 11.0. The van der Waals surface area contributed by atoms with Crippen LogP contribution >= 0.6 is 0 Å². The maximum Gasteiger partial charge on any atom is 0.122 e. The van der Waals surface area contributed by atoms with Gasteiger partial charge in [-0.15, -0.1) is 0 Å². The lowest BCUT2D eigenvalue weighted by molar-refractivity contribution is 0.243. The van der Waals surface area contributed by atoms with Crippen LogP contribution in [-0.4, -0.2) is 16.8 Å². The van der Waals surface area contributed by atoms with E-state index in [-0.39, 0.29) is 12.6 Å². The van der Waals surface area contributed by atoms with Crippen LogP contribution < -0.4 is 5.32 Å². The van der Waals surface area contributed by atoms with E-state index in [2.05, 4.69) is 5.32 Å². The fraction of sp³-hybridized carbons (Fsp3) is 0.250. The monoisotopic (exact) mass is 257 g/mol. The maximum absolute atomic E-state index is 9.95. The van der Waals surface area contributed by atoms with E-state index in [1.54, 1.807) is 0 Å². The third kappa shape index (κ3) is 3.34. The second-order valence-electron chi connectivity index (χ2n) is 4.61. The number of rotatable bonds is 5. The summed E-state index contributed by atoms with van der Waals surface area (Å²) in [6.07, 6.45) is 0. The van der Waals surface area contributed by atoms with Gasteiger partial charge in [0.2, 0.25) is 0 Å². The zero-order valence-corrected chi connectivity index (χ0v) is 11.0. The Hall–Kier alpha value is -1.84. The normalized spacial score (nSPS) is 12.3. The van der Waals surface area contributed by atoms with Gasteiger partial charge in [0.05, 0.1) is 12.6 Å². The summed E-state index contributed by atoms with van der Waals surface area (Å²) in [6, 6.07) is 15.4. The Morgan fingerprint density at radius 2 is 1.79 bits per heavy atom. The van der Waals surface area contributed by atoms with Crippen LogP contribution in [0.3, 0.4) is 0 Å². The number of aromatic hydroxyl groups is 1. The van der Waals surface area contributed by atoms with E-state index < -0.39 is 0 Å². The van der Waals surface area contributed by atoms with Gasteiger partial charge in [-0.1, -0.05) is 48.5 Å². The Kier molecular flexibility index (Phi) is 4.55. The molecule has 1 atom stereocenters. The summed E-state index contributed by atoms with van der Waals surface area (Å²) in [6.45, 7) is 2.42. The first-order chi connectivity index (χ1) is 9.22. The van der Waals surface area contributed by atoms with Gasteiger partial charge in [0.15, 0.2) is 0 Å². The van der Waals surface area contributed by atoms with Gasteiger partial charge in [-0.25, -0.2) is 0 Å². The van der Waals surface area contributed by atoms with Crippen molar-refractivity contribution in [2.75, 3.05) is 6.61 Å². The molecule has 3 nitrogen and oxygen atoms in total. The number of aliphatic hydroxyl groups excluding tert-OH is 1. The molecule has 19 heavy (non-hydrogen) atoms. The van der Waals surface area contributed by atoms with Crippen molar-refractivity contribution < 1.29 is 10.2 Å². The number of benzene rings is 2. The van der Waals surface area contributed by atoms with Crippen LogP contribution in [-0.2, 0) is 6.54 Å². The number of hydrogen-bond donors (Lipinski definition) is 3. The summed E-state index contributed by atoms with van der Waals surface area (Å²) in [4.78, 5) is 0. The van der Waals surface area contributed by atoms with E-state index in [0.717, 1.165) is 16.7 Å². The Bertz CT molecular complexity index is 526. The average Bonchev–Trinajstić information content (AvgIpc) is 2.45. The van der Waals surface area contributed by atoms with Gasteiger partial charge in [-0.3, -0.25) is 0 Å². The number of hydrogen-bond acceptors (Lipinski definition) is 3. The fourth-order valence-electron chi connectivity index (χ4n) is 2.07. The van der Waals surface area contributed by atoms with E-state index in [4.69, 9.17) is 0 Å². The summed E-state index contributed by atoms with van der Waals surface area (Å²) in [5, 5.41) is 22.7. The van der Waals surface area contributed by atoms with Crippen molar-refractivity contribution in [3.05, 3.63) is 65.2 Å². The molecular weight excluding hydrogens is 238 g/mol. The van der Waals surface area contributed by atoms with Crippen molar-refractivity contribution in [1.82, 2.24) is 5.32 Å². The lowest BCUT2D eigenvalue weighted by Crippen LogP contribution is -2.24. The molecule has 100 valence electrons. The third-order valence-electron chi connectivity index (χ3n) is 3.24. The van der Waals surface area contributed by atoms with Gasteiger partial charge in [-0.05, 0) is 18.1 Å². The van der Waals surface area contributed by atoms with Crippen molar-refractivity contribution in [2.24, 2.45) is 0 Å². The highest BCUT2D eigenvalue weighted by Crippen LogP contribution is 2.22. The lowest BCUT2D eigenvalue weighted by Gasteiger charge is -2.17. The molecule has 0 fully saturated rings. The van der Waals surface area contributed by atoms with Crippen molar-refractivity contribution in [2.45, 2.75) is 19.5 Å². The summed E-state index contributed by atoms with van der Waals surface area (Å²) in [7, 11) is 0. The highest BCUT2D eigenvalue weighted by molar-refractivity contribution is 5.39. The number of nitrogens with one attached hydrogen (secondary N) is 1. The molecule has 0 saturated carbocycles. The molecule has 0 bridgehead atoms. The highest BCUT2D eigenvalue weighted by Gasteiger charge is 2.10. The number of phenols is 1. The zero-order chi connectivity index (χ0) is 13.7. The summed E-state index contributed by atoms with van der Waals surface area (Å²) < 4.78 is 0. The summed E-state index contributed by atoms with van der Waals surface area (Å²) >= 11 is 0. The molecule has 0 spiro atoms. The highest BCUT2D eigenvalue weighted by atomic mass is 16.3. The molecular formula is C16H19NO2. The molecule has 0 saturated heterocycles. The maximum atomic E-state index is 9.95. The van der Waals surface area contributed by atoms with Crippen LogP contribution in [0.25, 0.3) is 0 Å². The molecule has 2 aromatic carbocycles. The van der Waals surface area contributed by atoms with Crippen LogP contribution in [0.2, 0.25) is 0 Å². The first kappa shape index (κ1) is 13.6. The van der Waals surface area contributed by atoms with Gasteiger partial charge in [0, 0.05) is 12.1 Å². The van der Waals surface area contributed by atoms with Gasteiger partial charge >= 0.3 is 0 Å². The number of phenolic OH excluding ortho intramolecular Hbond substituents is 1. The third-order valence-corrected chi connectivity index (χ3v) is 3.24. The molecule has 0 aliphatic carbocycles. The van der Waals surface area contributed by atoms with Crippen molar-refractivity contribution in [3.63, 3.8) is 0 Å². The molecule has 1 unspecified atom stereocenters. The molecule has 0 amide bonds. The first-order valence-electron chi connectivity index (χ1n) is 6.39. The van der Waals surface area contributed by atoms with Crippen LogP contribution in [0.1, 0.15) is 22.7 Å². The summed E-state index contributed by atoms with van der Waals surface area (Å²) in [5.41, 5.74) is 2.74. The lowest BCUT2D eigenvalue weighted by atomic mass is 10.1. The average molecular weight is 257 g/mol. The van der Waals surface area contributed by atoms with E-state index in [9.17, 15) is 10.2 Å². The number of aryl methyl sites for hydroxylation is 1. The minimum Gasteiger partial charge on any atom is -0.507 e. The van der Waals surface area contributed by atoms with E-state index in [0.29, 0.717) is 12.3 Å². The minimum absolute atomic E-state index is 0.0244. The van der Waals surface area contributed by atoms with E-state index in [1.807, 2.05) is 55.5 Å². The van der Waals surface area contributed by atoms with Crippen molar-refractivity contribution >= 4 is 0 Å². The second-order valence-corrected chi connectivity index (χ2v) is 4.61. The summed E-state index contributed by atoms with van der Waals surface area (Å²) in [5.74, 6) is 0.319. The van der Waals surface area contributed by atoms with Gasteiger partial charge in [0.25, 0.3) is 0 Å². The molecule has 3 N–H and O–H groups in total. The van der Waals surface area contributed by atoms with Crippen molar-refractivity contribution in [3.8, 4) is 5.75 Å². The molecule has 0 aromatic heterocycles. The molecule has 0 radical (unpaired) electrons. The topological polar surface area (TPSA) is 52.5 Å². The van der Waals surface area contributed by atoms with Gasteiger partial charge < -0.3 is 15.5 Å². The van der Waals surface area contributed by atoms with E-state index in [1.165, 1.54) is 0 Å². The van der Waals surface area contributed by atoms with E-state index >= 15 is 0 Å². The Balaban J connectivity index is 2.06. The molecule has 0 aliphatic heterocycles. The van der Waals surface area contributed by atoms with Crippen LogP contribution in [0.5, 0.6) is 5.75 Å². The molecule has 0 aliphatic rings. The van der Waals surface area contributed by atoms with Gasteiger partial charge in [0.1, 0.15) is 5.75 Å². The molecule has 2 aromatic rings. The molecule has 2 rings (SSSR count). The Morgan fingerprint density at radius 1 is 1.05 bits per heavy atom. The Labute approximate surface area is 113 Å². The van der Waals surface area contributed by atoms with Crippen LogP contribution in [0.15, 0.2) is 48.5 Å². The first-order valence-corrected chi connectivity index (χ1v) is 6.39. The van der Waals surface area contributed by atoms with Gasteiger partial charge in [-0.2, -0.15) is 0 Å². The largest absolute Gasteiger partial charge is 0.507 e. The van der Waals surface area contributed by atoms with Crippen molar-refractivity contribution in [1.29, 1.82) is 0 Å². The quantitative estimate of drug-likeness (QED) is 0.771.